The van der Waals surface area contributed by atoms with Gasteiger partial charge in [-0.2, -0.15) is 0 Å². The summed E-state index contributed by atoms with van der Waals surface area (Å²) >= 11 is 7.78. The molecular formula is C27H53ClN3O2S+. The van der Waals surface area contributed by atoms with Crippen molar-refractivity contribution in [3.63, 3.8) is 0 Å². The summed E-state index contributed by atoms with van der Waals surface area (Å²) in [5.74, 6) is 1.99. The minimum atomic E-state index is -0.572. The third-order valence-corrected chi connectivity index (χ3v) is 10.7. The molecule has 2 unspecified atom stereocenters. The van der Waals surface area contributed by atoms with Gasteiger partial charge in [-0.15, -0.1) is 15.9 Å². The van der Waals surface area contributed by atoms with Crippen molar-refractivity contribution < 1.29 is 10.2 Å². The molecule has 3 aliphatic rings. The van der Waals surface area contributed by atoms with Crippen LogP contribution in [0.1, 0.15) is 85.5 Å². The number of alkyl halides is 1. The Morgan fingerprint density at radius 2 is 1.59 bits per heavy atom. The molecule has 1 aliphatic heterocycles. The largest absolute Gasteiger partial charge is 0.378 e. The first-order chi connectivity index (χ1) is 16.0. The molecule has 4 atom stereocenters. The van der Waals surface area contributed by atoms with Gasteiger partial charge < -0.3 is 10.2 Å². The van der Waals surface area contributed by atoms with Crippen molar-refractivity contribution in [3.8, 4) is 0 Å². The zero-order valence-corrected chi connectivity index (χ0v) is 24.2. The fraction of sp³-hybridized carbons (Fsp3) is 1.00. The molecule has 2 aliphatic carbocycles. The first-order valence-corrected chi connectivity index (χ1v) is 15.2. The van der Waals surface area contributed by atoms with Crippen molar-refractivity contribution >= 4 is 23.5 Å². The molecule has 0 bridgehead atoms. The van der Waals surface area contributed by atoms with E-state index in [9.17, 15) is 10.2 Å². The van der Waals surface area contributed by atoms with E-state index in [0.717, 1.165) is 51.1 Å². The van der Waals surface area contributed by atoms with E-state index < -0.39 is 12.5 Å². The minimum absolute atomic E-state index is 0.133. The quantitative estimate of drug-likeness (QED) is 0.184. The molecule has 0 aromatic carbocycles. The monoisotopic (exact) mass is 518 g/mol. The molecule has 2 saturated carbocycles. The second-order valence-corrected chi connectivity index (χ2v) is 15.1. The van der Waals surface area contributed by atoms with Gasteiger partial charge in [0.15, 0.2) is 0 Å². The Hall–Kier alpha value is 0.440. The van der Waals surface area contributed by atoms with Gasteiger partial charge in [-0.1, -0.05) is 27.7 Å². The number of likely N-dealkylation sites (tertiary alicyclic amines) is 1. The van der Waals surface area contributed by atoms with E-state index >= 15 is 0 Å². The van der Waals surface area contributed by atoms with Crippen LogP contribution in [0.3, 0.4) is 0 Å². The highest BCUT2D eigenvalue weighted by Crippen LogP contribution is 2.46. The Morgan fingerprint density at radius 3 is 2.12 bits per heavy atom. The molecule has 0 radical (unpaired) electrons. The van der Waals surface area contributed by atoms with Crippen LogP contribution in [-0.2, 0) is 11.9 Å². The first-order valence-electron chi connectivity index (χ1n) is 13.9. The summed E-state index contributed by atoms with van der Waals surface area (Å²) < 4.78 is 2.25. The predicted molar refractivity (Wildman–Crippen MR) is 147 cm³/mol. The summed E-state index contributed by atoms with van der Waals surface area (Å²) in [6.07, 6.45) is 9.30. The molecule has 5 nitrogen and oxygen atoms in total. The van der Waals surface area contributed by atoms with E-state index in [1.165, 1.54) is 37.6 Å². The highest BCUT2D eigenvalue weighted by Gasteiger charge is 2.44. The summed E-state index contributed by atoms with van der Waals surface area (Å²) in [5, 5.41) is 27.1. The average molecular weight is 519 g/mol. The first kappa shape index (κ1) is 29.0. The number of halogens is 1. The number of nitrogens with one attached hydrogen (secondary N) is 1. The molecule has 34 heavy (non-hydrogen) atoms. The minimum Gasteiger partial charge on any atom is -0.378 e. The van der Waals surface area contributed by atoms with Crippen LogP contribution in [0.4, 0.5) is 0 Å². The van der Waals surface area contributed by atoms with E-state index in [0.29, 0.717) is 16.5 Å². The number of hydrogen-bond acceptors (Lipinski definition) is 5. The van der Waals surface area contributed by atoms with Gasteiger partial charge in [-0.3, -0.25) is 10.2 Å². The number of thiol groups is 1. The van der Waals surface area contributed by atoms with E-state index in [1.807, 2.05) is 0 Å². The van der Waals surface area contributed by atoms with Crippen molar-refractivity contribution in [2.24, 2.45) is 29.1 Å². The highest BCUT2D eigenvalue weighted by molar-refractivity contribution is 7.76. The van der Waals surface area contributed by atoms with E-state index in [1.54, 1.807) is 0 Å². The molecule has 0 amide bonds. The van der Waals surface area contributed by atoms with E-state index in [2.05, 4.69) is 56.3 Å². The number of hydrogen-bond donors (Lipinski definition) is 3. The Morgan fingerprint density at radius 1 is 0.971 bits per heavy atom. The fourth-order valence-corrected chi connectivity index (χ4v) is 8.47. The van der Waals surface area contributed by atoms with Crippen LogP contribution in [0.15, 0.2) is 0 Å². The van der Waals surface area contributed by atoms with Gasteiger partial charge >= 0.3 is 0 Å². The molecule has 3 N–H and O–H groups in total. The summed E-state index contributed by atoms with van der Waals surface area (Å²) in [6.45, 7) is 10.9. The topological polar surface area (TPSA) is 59.0 Å². The van der Waals surface area contributed by atoms with Crippen LogP contribution in [0.2, 0.25) is 0 Å². The zero-order valence-electron chi connectivity index (χ0n) is 22.6. The third kappa shape index (κ3) is 7.72. The molecule has 3 rings (SSSR count). The molecule has 7 heteroatoms. The van der Waals surface area contributed by atoms with Gasteiger partial charge in [0, 0.05) is 32.6 Å². The third-order valence-electron chi connectivity index (χ3n) is 8.97. The molecule has 0 aromatic rings. The number of aliphatic hydroxyl groups excluding tert-OH is 2. The summed E-state index contributed by atoms with van der Waals surface area (Å²) in [5.41, 5.74) is 0.174. The number of rotatable bonds is 9. The van der Waals surface area contributed by atoms with E-state index in [4.69, 9.17) is 11.6 Å². The summed E-state index contributed by atoms with van der Waals surface area (Å²) in [6, 6.07) is -0.133. The van der Waals surface area contributed by atoms with Crippen LogP contribution in [0.5, 0.6) is 0 Å². The molecule has 0 aromatic heterocycles. The molecule has 3 fully saturated rings. The second-order valence-electron chi connectivity index (χ2n) is 12.7. The van der Waals surface area contributed by atoms with Crippen LogP contribution in [0.25, 0.3) is 0 Å². The Balaban J connectivity index is 1.54. The van der Waals surface area contributed by atoms with Gasteiger partial charge in [0.25, 0.3) is 0 Å². The summed E-state index contributed by atoms with van der Waals surface area (Å²) in [4.78, 5) is 2.28. The maximum absolute atomic E-state index is 11.5. The number of aliphatic hydroxyl groups is 2. The SMILES string of the molecule is CC(C)[C@@H](NC(O)C1CCC([SH+]N(C)C)CC1)C(O)N1CC[C@H](C2CCC(Cl)CC2)C(C)(C)C1. The number of nitrogens with zero attached hydrogens (tertiary/aromatic N) is 2. The highest BCUT2D eigenvalue weighted by atomic mass is 35.5. The predicted octanol–water partition coefficient (Wildman–Crippen LogP) is 4.23. The van der Waals surface area contributed by atoms with Gasteiger partial charge in [-0.05, 0) is 86.9 Å². The standard InChI is InChI=1S/C27H52ClN3O2S/c1-18(2)24(29-25(32)20-9-13-22(14-10-20)34-30(5)6)26(33)31-16-15-23(27(3,4)17-31)19-7-11-21(28)12-8-19/h18-26,29,32-33H,7-17H2,1-6H3/p+1/t19?,20?,21?,22?,23-,24-,25?,26?/m1/s1. The fourth-order valence-electron chi connectivity index (χ4n) is 7.04. The normalized spacial score (nSPS) is 35.9. The molecule has 1 saturated heterocycles. The van der Waals surface area contributed by atoms with Crippen molar-refractivity contribution in [3.05, 3.63) is 0 Å². The Labute approximate surface area is 218 Å². The van der Waals surface area contributed by atoms with Crippen molar-refractivity contribution in [2.75, 3.05) is 27.2 Å². The smallest absolute Gasteiger partial charge is 0.135 e. The van der Waals surface area contributed by atoms with Crippen LogP contribution in [0, 0.1) is 29.1 Å². The summed E-state index contributed by atoms with van der Waals surface area (Å²) in [7, 11) is 4.26. The van der Waals surface area contributed by atoms with Crippen LogP contribution >= 0.6 is 11.6 Å². The second kappa shape index (κ2) is 12.8. The van der Waals surface area contributed by atoms with Gasteiger partial charge in [0.05, 0.1) is 18.0 Å². The Kier molecular flexibility index (Phi) is 10.9. The zero-order chi connectivity index (χ0) is 25.0. The molecule has 0 spiro atoms. The van der Waals surface area contributed by atoms with Gasteiger partial charge in [-0.25, -0.2) is 0 Å². The molecule has 1 heterocycles. The van der Waals surface area contributed by atoms with Crippen LogP contribution in [-0.4, -0.2) is 75.7 Å². The maximum Gasteiger partial charge on any atom is 0.135 e. The molecule has 200 valence electrons. The maximum atomic E-state index is 11.5. The lowest BCUT2D eigenvalue weighted by molar-refractivity contribution is -0.105. The molecular weight excluding hydrogens is 466 g/mol. The lowest BCUT2D eigenvalue weighted by Gasteiger charge is -2.51. The lowest BCUT2D eigenvalue weighted by atomic mass is 9.64. The van der Waals surface area contributed by atoms with Crippen molar-refractivity contribution in [1.29, 1.82) is 0 Å². The number of piperidine rings is 1. The Bertz CT molecular complexity index is 607. The van der Waals surface area contributed by atoms with Crippen LogP contribution < -0.4 is 5.32 Å². The van der Waals surface area contributed by atoms with Gasteiger partial charge in [0.2, 0.25) is 0 Å². The van der Waals surface area contributed by atoms with Crippen molar-refractivity contribution in [2.45, 2.75) is 115 Å². The van der Waals surface area contributed by atoms with Crippen molar-refractivity contribution in [1.82, 2.24) is 14.5 Å². The average Bonchev–Trinajstić information content (AvgIpc) is 2.77. The van der Waals surface area contributed by atoms with Gasteiger partial charge in [0.1, 0.15) is 17.7 Å². The lowest BCUT2D eigenvalue weighted by Crippen LogP contribution is -2.60. The van der Waals surface area contributed by atoms with E-state index in [-0.39, 0.29) is 23.3 Å².